The number of alkyl carbamates (subject to hydrolysis) is 1. The molecule has 0 saturated heterocycles. The summed E-state index contributed by atoms with van der Waals surface area (Å²) in [6.45, 7) is 10.8. The third-order valence-corrected chi connectivity index (χ3v) is 4.68. The van der Waals surface area contributed by atoms with Crippen LogP contribution in [0.3, 0.4) is 0 Å². The number of aromatic nitrogens is 4. The standard InChI is InChI=1S/C15H25N5O4.C10H17N5O2.ClH/c1-10-9-11(21)19-12(18-10)20-13(22)16-7-5-6-8-17-14(23)24-15(2,3)4;1-7-6-8(16)14-9(13-7)15-10(17)12-5-3-2-4-11;/h9H,5-8H2,1-4H3,(H,17,23)(H3,16,18,19,20,21,22);6H,2-5,11H2,1H3,(H3,12,13,14,15,16,17);1H. The fourth-order valence-electron chi connectivity index (χ4n) is 3.01. The predicted molar refractivity (Wildman–Crippen MR) is 162 cm³/mol. The topological polar surface area (TPSA) is 238 Å². The lowest BCUT2D eigenvalue weighted by Crippen LogP contribution is -2.34. The summed E-state index contributed by atoms with van der Waals surface area (Å²) in [6.07, 6.45) is 2.60. The summed E-state index contributed by atoms with van der Waals surface area (Å²) in [7, 11) is 0. The number of hydrogen-bond acceptors (Lipinski definition) is 9. The highest BCUT2D eigenvalue weighted by atomic mass is 35.5. The maximum absolute atomic E-state index is 11.7. The smallest absolute Gasteiger partial charge is 0.407 e. The number of aryl methyl sites for hydroxylation is 2. The van der Waals surface area contributed by atoms with Crippen LogP contribution in [0.2, 0.25) is 0 Å². The van der Waals surface area contributed by atoms with Crippen molar-refractivity contribution >= 4 is 42.5 Å². The van der Waals surface area contributed by atoms with Gasteiger partial charge >= 0.3 is 18.2 Å². The zero-order chi connectivity index (χ0) is 30.8. The van der Waals surface area contributed by atoms with Gasteiger partial charge in [-0.3, -0.25) is 30.2 Å². The second-order valence-corrected chi connectivity index (χ2v) is 9.86. The lowest BCUT2D eigenvalue weighted by molar-refractivity contribution is 0.0527. The van der Waals surface area contributed by atoms with E-state index in [9.17, 15) is 24.0 Å². The molecule has 0 aliphatic heterocycles. The van der Waals surface area contributed by atoms with Gasteiger partial charge < -0.3 is 26.4 Å². The molecule has 0 atom stereocenters. The molecule has 42 heavy (non-hydrogen) atoms. The average Bonchev–Trinajstić information content (AvgIpc) is 2.82. The number of unbranched alkanes of at least 4 members (excludes halogenated alkanes) is 2. The number of ether oxygens (including phenoxy) is 1. The van der Waals surface area contributed by atoms with E-state index in [1.807, 2.05) is 0 Å². The van der Waals surface area contributed by atoms with Crippen molar-refractivity contribution < 1.29 is 19.1 Å². The summed E-state index contributed by atoms with van der Waals surface area (Å²) in [5, 5.41) is 12.8. The summed E-state index contributed by atoms with van der Waals surface area (Å²) in [5.74, 6) is 0.246. The Balaban J connectivity index is 0.000000825. The SMILES string of the molecule is Cc1cc(=O)[nH]c(NC(=O)NCCCCN)n1.Cc1cc(=O)[nH]c(NC(=O)NCCCCNC(=O)OC(C)(C)C)n1.Cl. The van der Waals surface area contributed by atoms with Gasteiger partial charge in [-0.25, -0.2) is 24.4 Å². The van der Waals surface area contributed by atoms with Crippen LogP contribution in [0.4, 0.5) is 26.3 Å². The van der Waals surface area contributed by atoms with Gasteiger partial charge in [0.05, 0.1) is 0 Å². The molecule has 0 saturated carbocycles. The maximum Gasteiger partial charge on any atom is 0.407 e. The van der Waals surface area contributed by atoms with Crippen LogP contribution in [0, 0.1) is 13.8 Å². The highest BCUT2D eigenvalue weighted by molar-refractivity contribution is 5.87. The van der Waals surface area contributed by atoms with Gasteiger partial charge in [-0.2, -0.15) is 0 Å². The molecule has 2 aromatic heterocycles. The van der Waals surface area contributed by atoms with Gasteiger partial charge in [0.25, 0.3) is 11.1 Å². The third-order valence-electron chi connectivity index (χ3n) is 4.68. The lowest BCUT2D eigenvalue weighted by Gasteiger charge is -2.19. The second kappa shape index (κ2) is 19.8. The molecule has 0 bridgehead atoms. The van der Waals surface area contributed by atoms with Gasteiger partial charge in [0.2, 0.25) is 11.9 Å². The van der Waals surface area contributed by atoms with E-state index in [0.717, 1.165) is 12.8 Å². The molecule has 16 nitrogen and oxygen atoms in total. The quantitative estimate of drug-likeness (QED) is 0.172. The minimum Gasteiger partial charge on any atom is -0.444 e. The molecule has 0 radical (unpaired) electrons. The summed E-state index contributed by atoms with van der Waals surface area (Å²) >= 11 is 0. The number of anilines is 2. The number of aromatic amines is 2. The van der Waals surface area contributed by atoms with Crippen LogP contribution < -0.4 is 43.4 Å². The zero-order valence-corrected chi connectivity index (χ0v) is 25.5. The Morgan fingerprint density at radius 2 is 1.19 bits per heavy atom. The molecule has 5 amide bonds. The number of nitrogens with two attached hydrogens (primary N) is 1. The van der Waals surface area contributed by atoms with E-state index in [2.05, 4.69) is 46.5 Å². The first kappa shape index (κ1) is 37.8. The first-order valence-corrected chi connectivity index (χ1v) is 13.2. The van der Waals surface area contributed by atoms with Crippen molar-refractivity contribution in [2.75, 3.05) is 36.8 Å². The number of nitrogens with zero attached hydrogens (tertiary/aromatic N) is 2. The minimum absolute atomic E-state index is 0. The molecule has 9 N–H and O–H groups in total. The first-order chi connectivity index (χ1) is 19.3. The summed E-state index contributed by atoms with van der Waals surface area (Å²) in [6, 6.07) is 1.84. The van der Waals surface area contributed by atoms with Gasteiger partial charge in [-0.1, -0.05) is 0 Å². The van der Waals surface area contributed by atoms with Gasteiger partial charge in [0.15, 0.2) is 0 Å². The molecule has 2 rings (SSSR count). The number of amides is 5. The Kier molecular flexibility index (Phi) is 17.8. The number of carbonyl (C=O) groups is 3. The summed E-state index contributed by atoms with van der Waals surface area (Å²) in [4.78, 5) is 69.6. The van der Waals surface area contributed by atoms with E-state index in [4.69, 9.17) is 10.5 Å². The van der Waals surface area contributed by atoms with Crippen molar-refractivity contribution in [3.05, 3.63) is 44.2 Å². The monoisotopic (exact) mass is 614 g/mol. The van der Waals surface area contributed by atoms with Crippen LogP contribution in [-0.2, 0) is 4.74 Å². The largest absolute Gasteiger partial charge is 0.444 e. The van der Waals surface area contributed by atoms with Gasteiger partial charge in [-0.05, 0) is 66.8 Å². The fourth-order valence-corrected chi connectivity index (χ4v) is 3.01. The van der Waals surface area contributed by atoms with E-state index in [0.29, 0.717) is 50.4 Å². The number of carbonyl (C=O) groups excluding carboxylic acids is 3. The van der Waals surface area contributed by atoms with E-state index < -0.39 is 23.8 Å². The van der Waals surface area contributed by atoms with Crippen LogP contribution >= 0.6 is 12.4 Å². The normalized spacial score (nSPS) is 10.2. The van der Waals surface area contributed by atoms with E-state index in [-0.39, 0.29) is 35.4 Å². The lowest BCUT2D eigenvalue weighted by atomic mass is 10.2. The highest BCUT2D eigenvalue weighted by Crippen LogP contribution is 2.06. The van der Waals surface area contributed by atoms with Gasteiger partial charge in [0.1, 0.15) is 5.60 Å². The number of H-pyrrole nitrogens is 2. The Bertz CT molecular complexity index is 1250. The second-order valence-electron chi connectivity index (χ2n) is 9.86. The number of halogens is 1. The van der Waals surface area contributed by atoms with Gasteiger partial charge in [0, 0.05) is 43.2 Å². The molecule has 17 heteroatoms. The van der Waals surface area contributed by atoms with Crippen molar-refractivity contribution in [2.24, 2.45) is 5.73 Å². The van der Waals surface area contributed by atoms with Crippen molar-refractivity contribution in [1.29, 1.82) is 0 Å². The first-order valence-electron chi connectivity index (χ1n) is 13.2. The fraction of sp³-hybridized carbons (Fsp3) is 0.560. The minimum atomic E-state index is -0.519. The molecule has 0 aliphatic carbocycles. The molecular formula is C25H43ClN10O6. The molecule has 0 unspecified atom stereocenters. The van der Waals surface area contributed by atoms with E-state index >= 15 is 0 Å². The molecule has 0 aromatic carbocycles. The third kappa shape index (κ3) is 19.0. The van der Waals surface area contributed by atoms with Crippen molar-refractivity contribution in [1.82, 2.24) is 35.9 Å². The van der Waals surface area contributed by atoms with Crippen LogP contribution in [0.25, 0.3) is 0 Å². The maximum atomic E-state index is 11.7. The molecule has 0 spiro atoms. The van der Waals surface area contributed by atoms with E-state index in [1.54, 1.807) is 34.6 Å². The highest BCUT2D eigenvalue weighted by Gasteiger charge is 2.15. The average molecular weight is 615 g/mol. The molecule has 0 fully saturated rings. The Morgan fingerprint density at radius 3 is 1.57 bits per heavy atom. The summed E-state index contributed by atoms with van der Waals surface area (Å²) < 4.78 is 5.10. The van der Waals surface area contributed by atoms with Crippen LogP contribution in [0.1, 0.15) is 57.8 Å². The number of hydrogen-bond donors (Lipinski definition) is 8. The molecular weight excluding hydrogens is 572 g/mol. The van der Waals surface area contributed by atoms with Crippen molar-refractivity contribution in [3.8, 4) is 0 Å². The Morgan fingerprint density at radius 1 is 0.786 bits per heavy atom. The molecule has 236 valence electrons. The molecule has 2 heterocycles. The van der Waals surface area contributed by atoms with Crippen LogP contribution in [-0.4, -0.2) is 69.9 Å². The Hall–Kier alpha value is -4.18. The molecule has 2 aromatic rings. The number of urea groups is 2. The number of rotatable bonds is 11. The summed E-state index contributed by atoms with van der Waals surface area (Å²) in [5.41, 5.74) is 5.25. The van der Waals surface area contributed by atoms with Crippen molar-refractivity contribution in [3.63, 3.8) is 0 Å². The Labute approximate surface area is 250 Å². The van der Waals surface area contributed by atoms with Crippen LogP contribution in [0.15, 0.2) is 21.7 Å². The van der Waals surface area contributed by atoms with E-state index in [1.165, 1.54) is 12.1 Å². The van der Waals surface area contributed by atoms with Crippen molar-refractivity contribution in [2.45, 2.75) is 65.9 Å². The van der Waals surface area contributed by atoms with Gasteiger partial charge in [-0.15, -0.1) is 12.4 Å². The van der Waals surface area contributed by atoms with Crippen LogP contribution in [0.5, 0.6) is 0 Å². The predicted octanol–water partition coefficient (Wildman–Crippen LogP) is 1.87. The molecule has 0 aliphatic rings. The zero-order valence-electron chi connectivity index (χ0n) is 24.6. The number of nitrogens with one attached hydrogen (secondary N) is 7.